The highest BCUT2D eigenvalue weighted by Crippen LogP contribution is 2.28. The average molecular weight is 338 g/mol. The maximum Gasteiger partial charge on any atom is 0.369 e. The number of hydrogen-bond acceptors (Lipinski definition) is 7. The molecule has 9 nitrogen and oxygen atoms in total. The van der Waals surface area contributed by atoms with E-state index in [0.29, 0.717) is 28.9 Å². The topological polar surface area (TPSA) is 89.0 Å². The number of hydrogen-bond donors (Lipinski definition) is 0. The summed E-state index contributed by atoms with van der Waals surface area (Å²) in [4.78, 5) is 16.1. The summed E-state index contributed by atoms with van der Waals surface area (Å²) in [6.07, 6.45) is 1.91. The standard InChI is InChI=1S/C13H16N6O3S/c1-4-21-10-7-17(2)11(19-13(20)18(3)15-16-19)9(10)8-22-12-14-5-6-23-12/h5-7H,4,8H2,1-3H3/i5T. The minimum absolute atomic E-state index is 0.126. The number of aromatic nitrogens is 6. The fourth-order valence-corrected chi connectivity index (χ4v) is 2.60. The Balaban J connectivity index is 2.01. The molecule has 0 aromatic carbocycles. The summed E-state index contributed by atoms with van der Waals surface area (Å²) in [5.41, 5.74) is 0.284. The Morgan fingerprint density at radius 2 is 2.17 bits per heavy atom. The van der Waals surface area contributed by atoms with Gasteiger partial charge in [0.15, 0.2) is 5.82 Å². The zero-order chi connectivity index (χ0) is 17.3. The van der Waals surface area contributed by atoms with Gasteiger partial charge < -0.3 is 14.0 Å². The van der Waals surface area contributed by atoms with Gasteiger partial charge in [-0.25, -0.2) is 9.78 Å². The quantitative estimate of drug-likeness (QED) is 0.658. The van der Waals surface area contributed by atoms with Crippen molar-refractivity contribution < 1.29 is 10.8 Å². The second-order valence-electron chi connectivity index (χ2n) is 4.67. The van der Waals surface area contributed by atoms with Crippen LogP contribution >= 0.6 is 11.3 Å². The molecule has 3 aromatic heterocycles. The highest BCUT2D eigenvalue weighted by molar-refractivity contribution is 7.11. The minimum Gasteiger partial charge on any atom is -0.492 e. The largest absolute Gasteiger partial charge is 0.492 e. The van der Waals surface area contributed by atoms with Gasteiger partial charge in [-0.15, -0.1) is 4.68 Å². The van der Waals surface area contributed by atoms with Crippen LogP contribution in [0.2, 0.25) is 0 Å². The minimum atomic E-state index is -0.372. The highest BCUT2D eigenvalue weighted by atomic mass is 32.1. The summed E-state index contributed by atoms with van der Waals surface area (Å²) in [5.74, 6) is 1.11. The maximum absolute atomic E-state index is 12.2. The van der Waals surface area contributed by atoms with Gasteiger partial charge in [-0.05, 0) is 17.4 Å². The van der Waals surface area contributed by atoms with Gasteiger partial charge in [0.2, 0.25) is 0 Å². The molecule has 0 aliphatic rings. The Morgan fingerprint density at radius 3 is 2.78 bits per heavy atom. The molecule has 3 aromatic rings. The van der Waals surface area contributed by atoms with Gasteiger partial charge in [-0.1, -0.05) is 11.3 Å². The lowest BCUT2D eigenvalue weighted by molar-refractivity contribution is 0.286. The molecule has 0 aliphatic carbocycles. The van der Waals surface area contributed by atoms with Crippen LogP contribution in [0.5, 0.6) is 10.9 Å². The van der Waals surface area contributed by atoms with Gasteiger partial charge in [0.25, 0.3) is 5.19 Å². The molecule has 0 amide bonds. The van der Waals surface area contributed by atoms with E-state index in [9.17, 15) is 4.79 Å². The summed E-state index contributed by atoms with van der Waals surface area (Å²) in [6.45, 7) is 2.47. The summed E-state index contributed by atoms with van der Waals surface area (Å²) in [6, 6.07) is 0. The van der Waals surface area contributed by atoms with Crippen LogP contribution in [0.4, 0.5) is 0 Å². The van der Waals surface area contributed by atoms with E-state index in [1.54, 1.807) is 23.2 Å². The summed E-state index contributed by atoms with van der Waals surface area (Å²) < 4.78 is 22.8. The number of rotatable bonds is 6. The Bertz CT molecular complexity index is 911. The predicted octanol–water partition coefficient (Wildman–Crippen LogP) is 0.739. The summed E-state index contributed by atoms with van der Waals surface area (Å²) in [7, 11) is 3.31. The zero-order valence-electron chi connectivity index (χ0n) is 13.9. The third-order valence-electron chi connectivity index (χ3n) is 3.14. The molecule has 0 fully saturated rings. The molecule has 0 N–H and O–H groups in total. The lowest BCUT2D eigenvalue weighted by Gasteiger charge is -2.08. The summed E-state index contributed by atoms with van der Waals surface area (Å²) in [5, 5.41) is 9.58. The van der Waals surface area contributed by atoms with Crippen LogP contribution in [0.3, 0.4) is 0 Å². The normalized spacial score (nSPS) is 11.5. The van der Waals surface area contributed by atoms with Gasteiger partial charge in [-0.2, -0.15) is 4.68 Å². The Morgan fingerprint density at radius 1 is 1.35 bits per heavy atom. The molecule has 0 spiro atoms. The van der Waals surface area contributed by atoms with Crippen LogP contribution in [-0.2, 0) is 20.7 Å². The molecule has 3 heterocycles. The number of nitrogens with zero attached hydrogens (tertiary/aromatic N) is 6. The first-order valence-electron chi connectivity index (χ1n) is 7.36. The van der Waals surface area contributed by atoms with E-state index >= 15 is 0 Å². The van der Waals surface area contributed by atoms with Crippen molar-refractivity contribution in [2.75, 3.05) is 6.61 Å². The van der Waals surface area contributed by atoms with Crippen molar-refractivity contribution in [3.63, 3.8) is 0 Å². The van der Waals surface area contributed by atoms with Crippen molar-refractivity contribution in [2.24, 2.45) is 14.1 Å². The molecular weight excluding hydrogens is 320 g/mol. The fraction of sp³-hybridized carbons (Fsp3) is 0.385. The molecule has 10 heteroatoms. The molecule has 0 atom stereocenters. The summed E-state index contributed by atoms with van der Waals surface area (Å²) >= 11 is 1.23. The monoisotopic (exact) mass is 338 g/mol. The molecule has 0 unspecified atom stereocenters. The van der Waals surface area contributed by atoms with Crippen molar-refractivity contribution in [3.05, 3.63) is 33.8 Å². The second kappa shape index (κ2) is 6.24. The molecule has 0 saturated carbocycles. The van der Waals surface area contributed by atoms with Crippen LogP contribution in [0.25, 0.3) is 5.82 Å². The maximum atomic E-state index is 12.2. The second-order valence-corrected chi connectivity index (χ2v) is 5.49. The molecule has 0 bridgehead atoms. The van der Waals surface area contributed by atoms with Crippen LogP contribution in [0.1, 0.15) is 13.9 Å². The average Bonchev–Trinajstić information content (AvgIpc) is 3.18. The van der Waals surface area contributed by atoms with Crippen molar-refractivity contribution in [1.82, 2.24) is 29.3 Å². The lowest BCUT2D eigenvalue weighted by atomic mass is 10.3. The molecule has 0 radical (unpaired) electrons. The first kappa shape index (κ1) is 14.0. The van der Waals surface area contributed by atoms with E-state index in [1.165, 1.54) is 23.1 Å². The van der Waals surface area contributed by atoms with E-state index in [1.807, 2.05) is 6.92 Å². The van der Waals surface area contributed by atoms with Gasteiger partial charge in [0.05, 0.1) is 13.5 Å². The smallest absolute Gasteiger partial charge is 0.369 e. The predicted molar refractivity (Wildman–Crippen MR) is 83.2 cm³/mol. The van der Waals surface area contributed by atoms with Crippen LogP contribution in [0, 0.1) is 0 Å². The van der Waals surface area contributed by atoms with Crippen molar-refractivity contribution in [1.29, 1.82) is 0 Å². The molecular formula is C13H16N6O3S. The first-order chi connectivity index (χ1) is 11.5. The van der Waals surface area contributed by atoms with Crippen molar-refractivity contribution in [3.8, 4) is 16.8 Å². The molecule has 0 saturated heterocycles. The van der Waals surface area contributed by atoms with Crippen molar-refractivity contribution in [2.45, 2.75) is 13.5 Å². The van der Waals surface area contributed by atoms with Crippen LogP contribution in [0.15, 0.2) is 22.5 Å². The molecule has 122 valence electrons. The number of tetrazole rings is 1. The number of ether oxygens (including phenoxy) is 2. The molecule has 23 heavy (non-hydrogen) atoms. The third-order valence-corrected chi connectivity index (χ3v) is 3.78. The van der Waals surface area contributed by atoms with E-state index in [-0.39, 0.29) is 18.5 Å². The van der Waals surface area contributed by atoms with E-state index in [4.69, 9.17) is 10.8 Å². The first-order valence-corrected chi connectivity index (χ1v) is 7.74. The van der Waals surface area contributed by atoms with Crippen molar-refractivity contribution >= 4 is 11.3 Å². The molecule has 3 rings (SSSR count). The molecule has 0 aliphatic heterocycles. The van der Waals surface area contributed by atoms with Crippen LogP contribution < -0.4 is 15.2 Å². The number of thiazole rings is 1. The number of aryl methyl sites for hydroxylation is 2. The zero-order valence-corrected chi connectivity index (χ0v) is 13.7. The highest BCUT2D eigenvalue weighted by Gasteiger charge is 2.21. The fourth-order valence-electron chi connectivity index (χ4n) is 2.16. The van der Waals surface area contributed by atoms with Gasteiger partial charge >= 0.3 is 5.69 Å². The SMILES string of the molecule is [3H]c1csc(OCc2c(OCC)cn(C)c2-n2nnn(C)c2=O)n1. The van der Waals surface area contributed by atoms with E-state index < -0.39 is 0 Å². The van der Waals surface area contributed by atoms with E-state index in [0.717, 1.165) is 4.68 Å². The van der Waals surface area contributed by atoms with Gasteiger partial charge in [-0.3, -0.25) is 0 Å². The Labute approximate surface area is 137 Å². The van der Waals surface area contributed by atoms with Gasteiger partial charge in [0.1, 0.15) is 12.4 Å². The third kappa shape index (κ3) is 2.84. The Kier molecular flexibility index (Phi) is 3.80. The van der Waals surface area contributed by atoms with Gasteiger partial charge in [0, 0.05) is 31.8 Å². The van der Waals surface area contributed by atoms with Crippen LogP contribution in [-0.4, -0.2) is 35.9 Å². The van der Waals surface area contributed by atoms with E-state index in [2.05, 4.69) is 15.4 Å². The lowest BCUT2D eigenvalue weighted by Crippen LogP contribution is -2.24. The Hall–Kier alpha value is -2.62.